The molecule has 2 N–H and O–H groups in total. The molecule has 0 bridgehead atoms. The Morgan fingerprint density at radius 1 is 1.28 bits per heavy atom. The summed E-state index contributed by atoms with van der Waals surface area (Å²) in [7, 11) is 0. The predicted molar refractivity (Wildman–Crippen MR) is 97.6 cm³/mol. The summed E-state index contributed by atoms with van der Waals surface area (Å²) < 4.78 is 0. The Balaban J connectivity index is 2.18. The average molecular weight is 375 g/mol. The van der Waals surface area contributed by atoms with Crippen LogP contribution in [0.25, 0.3) is 0 Å². The first-order chi connectivity index (χ1) is 11.9. The highest BCUT2D eigenvalue weighted by Gasteiger charge is 2.37. The molecule has 2 aromatic carbocycles. The van der Waals surface area contributed by atoms with Crippen molar-refractivity contribution in [1.29, 1.82) is 5.26 Å². The molecule has 25 heavy (non-hydrogen) atoms. The number of nitriles is 1. The number of carboxylic acid groups (broad SMARTS) is 1. The van der Waals surface area contributed by atoms with Crippen LogP contribution in [-0.4, -0.2) is 17.0 Å². The first-order valence-corrected chi connectivity index (χ1v) is 8.50. The third kappa shape index (κ3) is 4.53. The molecule has 128 valence electrons. The Morgan fingerprint density at radius 2 is 1.96 bits per heavy atom. The lowest BCUT2D eigenvalue weighted by atomic mass is 9.79. The van der Waals surface area contributed by atoms with Crippen molar-refractivity contribution in [3.8, 4) is 5.40 Å². The number of benzene rings is 2. The van der Waals surface area contributed by atoms with Crippen LogP contribution in [0.2, 0.25) is 5.02 Å². The molecule has 0 aliphatic rings. The standard InChI is InChI=1S/C18H15ClN2O3S/c1-18(17(23)24,12-5-3-2-4-6-12)10-16(22)21-15-8-7-13(25-11-20)9-14(15)19/h2-9H,10H2,1H3,(H,21,22)(H,23,24)/t18-/m0/s1. The van der Waals surface area contributed by atoms with Crippen LogP contribution in [0.5, 0.6) is 0 Å². The largest absolute Gasteiger partial charge is 0.481 e. The zero-order valence-electron chi connectivity index (χ0n) is 13.3. The molecule has 0 fully saturated rings. The molecular formula is C18H15ClN2O3S. The number of halogens is 1. The van der Waals surface area contributed by atoms with Gasteiger partial charge in [-0.1, -0.05) is 41.9 Å². The summed E-state index contributed by atoms with van der Waals surface area (Å²) in [4.78, 5) is 24.8. The highest BCUT2D eigenvalue weighted by Crippen LogP contribution is 2.31. The van der Waals surface area contributed by atoms with Gasteiger partial charge in [-0.3, -0.25) is 9.59 Å². The van der Waals surface area contributed by atoms with Crippen molar-refractivity contribution in [3.63, 3.8) is 0 Å². The van der Waals surface area contributed by atoms with Gasteiger partial charge in [-0.2, -0.15) is 5.26 Å². The smallest absolute Gasteiger partial charge is 0.314 e. The van der Waals surface area contributed by atoms with Crippen LogP contribution in [-0.2, 0) is 15.0 Å². The molecule has 5 nitrogen and oxygen atoms in total. The molecule has 0 unspecified atom stereocenters. The molecule has 0 heterocycles. The second kappa shape index (κ2) is 8.06. The maximum absolute atomic E-state index is 12.4. The van der Waals surface area contributed by atoms with Gasteiger partial charge in [0.05, 0.1) is 16.1 Å². The van der Waals surface area contributed by atoms with Crippen LogP contribution in [0.4, 0.5) is 5.69 Å². The van der Waals surface area contributed by atoms with Crippen molar-refractivity contribution in [1.82, 2.24) is 0 Å². The number of rotatable bonds is 6. The highest BCUT2D eigenvalue weighted by atomic mass is 35.5. The van der Waals surface area contributed by atoms with Gasteiger partial charge in [0.25, 0.3) is 0 Å². The van der Waals surface area contributed by atoms with E-state index in [4.69, 9.17) is 16.9 Å². The van der Waals surface area contributed by atoms with Gasteiger partial charge in [-0.25, -0.2) is 0 Å². The fourth-order valence-electron chi connectivity index (χ4n) is 2.34. The zero-order valence-corrected chi connectivity index (χ0v) is 14.9. The van der Waals surface area contributed by atoms with E-state index in [0.29, 0.717) is 16.1 Å². The summed E-state index contributed by atoms with van der Waals surface area (Å²) in [5, 5.41) is 23.1. The number of amides is 1. The van der Waals surface area contributed by atoms with Crippen molar-refractivity contribution >= 4 is 40.9 Å². The van der Waals surface area contributed by atoms with E-state index in [1.54, 1.807) is 48.5 Å². The fourth-order valence-corrected chi connectivity index (χ4v) is 3.05. The third-order valence-electron chi connectivity index (χ3n) is 3.78. The second-order valence-electron chi connectivity index (χ2n) is 5.56. The number of carboxylic acids is 1. The van der Waals surface area contributed by atoms with Crippen LogP contribution in [0.3, 0.4) is 0 Å². The van der Waals surface area contributed by atoms with E-state index in [9.17, 15) is 14.7 Å². The molecule has 0 saturated heterocycles. The fraction of sp³-hybridized carbons (Fsp3) is 0.167. The van der Waals surface area contributed by atoms with E-state index >= 15 is 0 Å². The van der Waals surface area contributed by atoms with Crippen LogP contribution < -0.4 is 5.32 Å². The molecule has 1 atom stereocenters. The summed E-state index contributed by atoms with van der Waals surface area (Å²) >= 11 is 7.07. The number of hydrogen-bond acceptors (Lipinski definition) is 4. The summed E-state index contributed by atoms with van der Waals surface area (Å²) in [5.74, 6) is -1.54. The number of carbonyl (C=O) groups is 2. The van der Waals surface area contributed by atoms with E-state index in [0.717, 1.165) is 11.8 Å². The number of thioether (sulfide) groups is 1. The predicted octanol–water partition coefficient (Wildman–Crippen LogP) is 4.28. The Labute approximate surface area is 154 Å². The maximum Gasteiger partial charge on any atom is 0.314 e. The van der Waals surface area contributed by atoms with Crippen LogP contribution >= 0.6 is 23.4 Å². The minimum atomic E-state index is -1.35. The lowest BCUT2D eigenvalue weighted by molar-refractivity contribution is -0.145. The Hall–Kier alpha value is -2.49. The number of anilines is 1. The summed E-state index contributed by atoms with van der Waals surface area (Å²) in [6.45, 7) is 1.51. The van der Waals surface area contributed by atoms with E-state index in [-0.39, 0.29) is 11.4 Å². The van der Waals surface area contributed by atoms with Crippen LogP contribution in [0, 0.1) is 10.7 Å². The van der Waals surface area contributed by atoms with Crippen molar-refractivity contribution in [2.75, 3.05) is 5.32 Å². The number of thiocyanates is 1. The molecule has 0 aromatic heterocycles. The molecule has 0 aliphatic carbocycles. The van der Waals surface area contributed by atoms with Gasteiger partial charge in [-0.05, 0) is 42.4 Å². The van der Waals surface area contributed by atoms with Crippen molar-refractivity contribution in [3.05, 3.63) is 59.1 Å². The Kier molecular flexibility index (Phi) is 6.07. The van der Waals surface area contributed by atoms with E-state index in [1.807, 2.05) is 5.40 Å². The van der Waals surface area contributed by atoms with Crippen LogP contribution in [0.1, 0.15) is 18.9 Å². The van der Waals surface area contributed by atoms with E-state index in [1.165, 1.54) is 6.92 Å². The summed E-state index contributed by atoms with van der Waals surface area (Å²) in [5.41, 5.74) is -0.437. The first-order valence-electron chi connectivity index (χ1n) is 7.31. The molecule has 1 amide bonds. The molecular weight excluding hydrogens is 360 g/mol. The highest BCUT2D eigenvalue weighted by molar-refractivity contribution is 8.03. The van der Waals surface area contributed by atoms with Gasteiger partial charge in [0.2, 0.25) is 5.91 Å². The zero-order chi connectivity index (χ0) is 18.4. The molecule has 0 spiro atoms. The molecule has 0 aliphatic heterocycles. The van der Waals surface area contributed by atoms with Gasteiger partial charge in [-0.15, -0.1) is 0 Å². The molecule has 2 rings (SSSR count). The average Bonchev–Trinajstić information content (AvgIpc) is 2.58. The Bertz CT molecular complexity index is 836. The monoisotopic (exact) mass is 374 g/mol. The topological polar surface area (TPSA) is 90.2 Å². The second-order valence-corrected chi connectivity index (χ2v) is 6.83. The van der Waals surface area contributed by atoms with Gasteiger partial charge in [0, 0.05) is 11.3 Å². The number of nitrogens with one attached hydrogen (secondary N) is 1. The van der Waals surface area contributed by atoms with Gasteiger partial charge >= 0.3 is 5.97 Å². The molecule has 0 saturated carbocycles. The number of hydrogen-bond donors (Lipinski definition) is 2. The maximum atomic E-state index is 12.4. The van der Waals surface area contributed by atoms with Crippen molar-refractivity contribution < 1.29 is 14.7 Å². The van der Waals surface area contributed by atoms with Gasteiger partial charge in [0.15, 0.2) is 0 Å². The number of aliphatic carboxylic acids is 1. The first kappa shape index (κ1) is 18.8. The molecule has 0 radical (unpaired) electrons. The number of nitrogens with zero attached hydrogens (tertiary/aromatic N) is 1. The molecule has 2 aromatic rings. The van der Waals surface area contributed by atoms with Crippen molar-refractivity contribution in [2.24, 2.45) is 0 Å². The lowest BCUT2D eigenvalue weighted by Crippen LogP contribution is -2.36. The lowest BCUT2D eigenvalue weighted by Gasteiger charge is -2.24. The minimum absolute atomic E-state index is 0.239. The quantitative estimate of drug-likeness (QED) is 0.581. The summed E-state index contributed by atoms with van der Waals surface area (Å²) in [6, 6.07) is 13.4. The van der Waals surface area contributed by atoms with Gasteiger partial charge < -0.3 is 10.4 Å². The van der Waals surface area contributed by atoms with Crippen LogP contribution in [0.15, 0.2) is 53.4 Å². The molecule has 7 heteroatoms. The SMILES string of the molecule is C[C@@](CC(=O)Nc1ccc(SC#N)cc1Cl)(C(=O)O)c1ccccc1. The Morgan fingerprint density at radius 3 is 2.52 bits per heavy atom. The minimum Gasteiger partial charge on any atom is -0.481 e. The van der Waals surface area contributed by atoms with E-state index in [2.05, 4.69) is 5.32 Å². The third-order valence-corrected chi connectivity index (χ3v) is 4.67. The van der Waals surface area contributed by atoms with E-state index < -0.39 is 17.3 Å². The van der Waals surface area contributed by atoms with Gasteiger partial charge in [0.1, 0.15) is 5.40 Å². The summed E-state index contributed by atoms with van der Waals surface area (Å²) in [6.07, 6.45) is -0.239. The van der Waals surface area contributed by atoms with Crippen molar-refractivity contribution in [2.45, 2.75) is 23.7 Å². The number of carbonyl (C=O) groups excluding carboxylic acids is 1. The normalized spacial score (nSPS) is 12.7.